The van der Waals surface area contributed by atoms with E-state index in [0.717, 1.165) is 32.8 Å². The summed E-state index contributed by atoms with van der Waals surface area (Å²) in [7, 11) is 0. The average molecular weight is 390 g/mol. The van der Waals surface area contributed by atoms with Crippen LogP contribution >= 0.6 is 24.8 Å². The molecule has 2 fully saturated rings. The van der Waals surface area contributed by atoms with E-state index in [1.807, 2.05) is 18.2 Å². The van der Waals surface area contributed by atoms with Gasteiger partial charge in [0.25, 0.3) is 0 Å². The number of amides is 1. The smallest absolute Gasteiger partial charge is 0.222 e. The number of carbonyl (C=O) groups is 1. The SMILES string of the molecule is Cl.Cl.O=C(CC1COCCN1)NC(CN1CCCC1)c1ccccc1. The summed E-state index contributed by atoms with van der Waals surface area (Å²) in [5.74, 6) is 0.0982. The first kappa shape index (κ1) is 22.2. The van der Waals surface area contributed by atoms with Crippen molar-refractivity contribution in [3.63, 3.8) is 0 Å². The van der Waals surface area contributed by atoms with Crippen LogP contribution in [-0.2, 0) is 9.53 Å². The highest BCUT2D eigenvalue weighted by Gasteiger charge is 2.23. The molecule has 2 unspecified atom stereocenters. The third-order valence-electron chi connectivity index (χ3n) is 4.61. The molecule has 2 saturated heterocycles. The minimum Gasteiger partial charge on any atom is -0.378 e. The first-order chi connectivity index (χ1) is 11.3. The molecule has 1 amide bonds. The van der Waals surface area contributed by atoms with Gasteiger partial charge in [0.1, 0.15) is 0 Å². The number of hydrogen-bond acceptors (Lipinski definition) is 4. The maximum Gasteiger partial charge on any atom is 0.222 e. The van der Waals surface area contributed by atoms with Gasteiger partial charge in [-0.15, -0.1) is 24.8 Å². The van der Waals surface area contributed by atoms with Crippen molar-refractivity contribution in [2.45, 2.75) is 31.3 Å². The van der Waals surface area contributed by atoms with Gasteiger partial charge in [-0.1, -0.05) is 30.3 Å². The number of nitrogens with one attached hydrogen (secondary N) is 2. The van der Waals surface area contributed by atoms with Crippen molar-refractivity contribution >= 4 is 30.7 Å². The minimum absolute atomic E-state index is 0. The highest BCUT2D eigenvalue weighted by Crippen LogP contribution is 2.18. The van der Waals surface area contributed by atoms with Crippen LogP contribution in [0, 0.1) is 0 Å². The molecule has 142 valence electrons. The molecule has 2 atom stereocenters. The van der Waals surface area contributed by atoms with E-state index < -0.39 is 0 Å². The highest BCUT2D eigenvalue weighted by atomic mass is 35.5. The molecule has 0 bridgehead atoms. The molecular weight excluding hydrogens is 361 g/mol. The zero-order chi connectivity index (χ0) is 15.9. The van der Waals surface area contributed by atoms with Crippen LogP contribution in [0.5, 0.6) is 0 Å². The van der Waals surface area contributed by atoms with E-state index in [1.54, 1.807) is 0 Å². The van der Waals surface area contributed by atoms with Crippen LogP contribution in [0.1, 0.15) is 30.9 Å². The molecule has 1 aromatic carbocycles. The monoisotopic (exact) mass is 389 g/mol. The second-order valence-corrected chi connectivity index (χ2v) is 6.47. The Labute approximate surface area is 162 Å². The molecule has 7 heteroatoms. The van der Waals surface area contributed by atoms with Crippen molar-refractivity contribution in [2.75, 3.05) is 39.4 Å². The lowest BCUT2D eigenvalue weighted by Gasteiger charge is -2.27. The topological polar surface area (TPSA) is 53.6 Å². The first-order valence-corrected chi connectivity index (χ1v) is 8.69. The van der Waals surface area contributed by atoms with E-state index in [-0.39, 0.29) is 42.8 Å². The predicted molar refractivity (Wildman–Crippen MR) is 105 cm³/mol. The Hall–Kier alpha value is -0.850. The van der Waals surface area contributed by atoms with Crippen LogP contribution in [0.2, 0.25) is 0 Å². The molecule has 3 rings (SSSR count). The summed E-state index contributed by atoms with van der Waals surface area (Å²) in [4.78, 5) is 14.9. The van der Waals surface area contributed by atoms with Gasteiger partial charge in [0.15, 0.2) is 0 Å². The van der Waals surface area contributed by atoms with Crippen molar-refractivity contribution in [3.05, 3.63) is 35.9 Å². The molecule has 0 saturated carbocycles. The van der Waals surface area contributed by atoms with Gasteiger partial charge < -0.3 is 20.3 Å². The second kappa shape index (κ2) is 11.7. The Morgan fingerprint density at radius 2 is 1.96 bits per heavy atom. The molecule has 0 aromatic heterocycles. The van der Waals surface area contributed by atoms with Gasteiger partial charge in [-0.05, 0) is 31.5 Å². The number of morpholine rings is 1. The number of rotatable bonds is 6. The maximum atomic E-state index is 12.4. The van der Waals surface area contributed by atoms with Crippen LogP contribution in [0.4, 0.5) is 0 Å². The lowest BCUT2D eigenvalue weighted by atomic mass is 10.1. The standard InChI is InChI=1S/C18H27N3O2.2ClH/c22-18(12-16-14-23-11-8-19-16)20-17(13-21-9-4-5-10-21)15-6-2-1-3-7-15;;/h1-3,6-7,16-17,19H,4-5,8-14H2,(H,20,22);2*1H. The summed E-state index contributed by atoms with van der Waals surface area (Å²) in [6.45, 7) is 5.35. The number of likely N-dealkylation sites (tertiary alicyclic amines) is 1. The maximum absolute atomic E-state index is 12.4. The van der Waals surface area contributed by atoms with E-state index in [9.17, 15) is 4.79 Å². The number of hydrogen-bond donors (Lipinski definition) is 2. The van der Waals surface area contributed by atoms with Crippen molar-refractivity contribution in [1.29, 1.82) is 0 Å². The molecule has 2 heterocycles. The molecule has 25 heavy (non-hydrogen) atoms. The third kappa shape index (κ3) is 7.12. The summed E-state index contributed by atoms with van der Waals surface area (Å²) < 4.78 is 5.43. The van der Waals surface area contributed by atoms with Crippen molar-refractivity contribution in [1.82, 2.24) is 15.5 Å². The minimum atomic E-state index is 0. The summed E-state index contributed by atoms with van der Waals surface area (Å²) in [6.07, 6.45) is 3.00. The molecule has 5 nitrogen and oxygen atoms in total. The molecule has 0 spiro atoms. The number of benzene rings is 1. The van der Waals surface area contributed by atoms with Crippen LogP contribution in [-0.4, -0.2) is 56.2 Å². The van der Waals surface area contributed by atoms with Gasteiger partial charge in [0, 0.05) is 25.6 Å². The fraction of sp³-hybridized carbons (Fsp3) is 0.611. The normalized spacial score (nSPS) is 21.7. The summed E-state index contributed by atoms with van der Waals surface area (Å²) in [5, 5.41) is 6.57. The molecule has 1 aromatic rings. The van der Waals surface area contributed by atoms with E-state index in [0.29, 0.717) is 13.0 Å². The van der Waals surface area contributed by atoms with Gasteiger partial charge in [-0.2, -0.15) is 0 Å². The van der Waals surface area contributed by atoms with Crippen molar-refractivity contribution < 1.29 is 9.53 Å². The van der Waals surface area contributed by atoms with Gasteiger partial charge in [-0.3, -0.25) is 4.79 Å². The first-order valence-electron chi connectivity index (χ1n) is 8.69. The van der Waals surface area contributed by atoms with Crippen LogP contribution in [0.25, 0.3) is 0 Å². The zero-order valence-electron chi connectivity index (χ0n) is 14.5. The number of halogens is 2. The molecule has 2 aliphatic rings. The molecule has 0 radical (unpaired) electrons. The largest absolute Gasteiger partial charge is 0.378 e. The Morgan fingerprint density at radius 3 is 2.60 bits per heavy atom. The van der Waals surface area contributed by atoms with Gasteiger partial charge in [-0.25, -0.2) is 0 Å². The lowest BCUT2D eigenvalue weighted by molar-refractivity contribution is -0.123. The summed E-state index contributed by atoms with van der Waals surface area (Å²) in [5.41, 5.74) is 1.18. The quantitative estimate of drug-likeness (QED) is 0.782. The summed E-state index contributed by atoms with van der Waals surface area (Å²) >= 11 is 0. The van der Waals surface area contributed by atoms with Crippen LogP contribution in [0.15, 0.2) is 30.3 Å². The highest BCUT2D eigenvalue weighted by molar-refractivity contribution is 5.85. The third-order valence-corrected chi connectivity index (χ3v) is 4.61. The number of nitrogens with zero attached hydrogens (tertiary/aromatic N) is 1. The van der Waals surface area contributed by atoms with Crippen LogP contribution in [0.3, 0.4) is 0 Å². The zero-order valence-corrected chi connectivity index (χ0v) is 16.1. The number of carbonyl (C=O) groups excluding carboxylic acids is 1. The van der Waals surface area contributed by atoms with Gasteiger partial charge >= 0.3 is 0 Å². The molecule has 2 aliphatic heterocycles. The van der Waals surface area contributed by atoms with Crippen molar-refractivity contribution in [3.8, 4) is 0 Å². The van der Waals surface area contributed by atoms with E-state index >= 15 is 0 Å². The van der Waals surface area contributed by atoms with E-state index in [2.05, 4.69) is 27.7 Å². The lowest BCUT2D eigenvalue weighted by Crippen LogP contribution is -2.45. The van der Waals surface area contributed by atoms with Gasteiger partial charge in [0.2, 0.25) is 5.91 Å². The number of ether oxygens (including phenoxy) is 1. The fourth-order valence-corrected chi connectivity index (χ4v) is 3.37. The Balaban J connectivity index is 0.00000156. The molecule has 0 aliphatic carbocycles. The Kier molecular flexibility index (Phi) is 10.4. The Bertz CT molecular complexity index is 492. The molecular formula is C18H29Cl2N3O2. The second-order valence-electron chi connectivity index (χ2n) is 6.47. The fourth-order valence-electron chi connectivity index (χ4n) is 3.37. The predicted octanol–water partition coefficient (Wildman–Crippen LogP) is 2.16. The van der Waals surface area contributed by atoms with Crippen LogP contribution < -0.4 is 10.6 Å². The van der Waals surface area contributed by atoms with E-state index in [4.69, 9.17) is 4.74 Å². The van der Waals surface area contributed by atoms with Crippen molar-refractivity contribution in [2.24, 2.45) is 0 Å². The molecule has 2 N–H and O–H groups in total. The van der Waals surface area contributed by atoms with Gasteiger partial charge in [0.05, 0.1) is 19.3 Å². The Morgan fingerprint density at radius 1 is 1.24 bits per heavy atom. The summed E-state index contributed by atoms with van der Waals surface area (Å²) in [6, 6.07) is 10.5. The van der Waals surface area contributed by atoms with E-state index in [1.165, 1.54) is 18.4 Å². The average Bonchev–Trinajstić information content (AvgIpc) is 3.09.